The van der Waals surface area contributed by atoms with E-state index in [1.54, 1.807) is 23.9 Å². The van der Waals surface area contributed by atoms with Gasteiger partial charge >= 0.3 is 12.6 Å². The molecule has 130 valence electrons. The molecule has 0 radical (unpaired) electrons. The minimum absolute atomic E-state index is 0.0558. The van der Waals surface area contributed by atoms with E-state index in [0.717, 1.165) is 17.7 Å². The highest BCUT2D eigenvalue weighted by Crippen LogP contribution is 2.19. The number of carbonyl (C=O) groups is 1. The van der Waals surface area contributed by atoms with E-state index in [1.165, 1.54) is 12.1 Å². The van der Waals surface area contributed by atoms with E-state index in [1.807, 2.05) is 13.8 Å². The molecule has 0 unspecified atom stereocenters. The number of aryl methyl sites for hydroxylation is 2. The maximum atomic E-state index is 12.2. The summed E-state index contributed by atoms with van der Waals surface area (Å²) in [4.78, 5) is 12.1. The minimum atomic E-state index is -2.88. The van der Waals surface area contributed by atoms with Crippen LogP contribution >= 0.6 is 0 Å². The largest absolute Gasteiger partial charge is 0.435 e. The summed E-state index contributed by atoms with van der Waals surface area (Å²) in [6.07, 6.45) is 0.752. The summed E-state index contributed by atoms with van der Waals surface area (Å²) in [5.41, 5.74) is 2.49. The first kappa shape index (κ1) is 17.7. The van der Waals surface area contributed by atoms with Crippen molar-refractivity contribution in [3.63, 3.8) is 0 Å². The van der Waals surface area contributed by atoms with Crippen LogP contribution in [-0.4, -0.2) is 22.4 Å². The van der Waals surface area contributed by atoms with Gasteiger partial charge in [-0.3, -0.25) is 10.00 Å². The van der Waals surface area contributed by atoms with E-state index in [2.05, 4.69) is 20.5 Å². The molecule has 0 atom stereocenters. The van der Waals surface area contributed by atoms with Gasteiger partial charge in [0.05, 0.1) is 5.69 Å². The number of alkyl halides is 2. The lowest BCUT2D eigenvalue weighted by atomic mass is 10.2. The summed E-state index contributed by atoms with van der Waals surface area (Å²) in [6, 6.07) is 5.80. The van der Waals surface area contributed by atoms with Crippen LogP contribution in [0.4, 0.5) is 19.4 Å². The lowest BCUT2D eigenvalue weighted by Crippen LogP contribution is -2.29. The van der Waals surface area contributed by atoms with Crippen molar-refractivity contribution in [2.75, 3.05) is 5.32 Å². The first-order chi connectivity index (χ1) is 11.4. The van der Waals surface area contributed by atoms with Crippen LogP contribution in [0.5, 0.6) is 5.75 Å². The number of rotatable bonds is 6. The summed E-state index contributed by atoms with van der Waals surface area (Å²) in [5.74, 6) is 0.697. The van der Waals surface area contributed by atoms with Crippen molar-refractivity contribution in [2.24, 2.45) is 7.05 Å². The fourth-order valence-corrected chi connectivity index (χ4v) is 2.45. The summed E-state index contributed by atoms with van der Waals surface area (Å²) >= 11 is 0. The SMILES string of the molecule is CCc1c(C)nn(C)c1NC(=O)NCc1cccc(OC(F)F)c1. The van der Waals surface area contributed by atoms with Crippen LogP contribution in [0, 0.1) is 6.92 Å². The Hall–Kier alpha value is -2.64. The van der Waals surface area contributed by atoms with E-state index in [9.17, 15) is 13.6 Å². The molecule has 0 aliphatic heterocycles. The second-order valence-corrected chi connectivity index (χ2v) is 5.22. The average molecular weight is 338 g/mol. The molecule has 2 N–H and O–H groups in total. The van der Waals surface area contributed by atoms with Crippen LogP contribution in [-0.2, 0) is 20.0 Å². The molecule has 2 amide bonds. The van der Waals surface area contributed by atoms with E-state index in [0.29, 0.717) is 11.4 Å². The zero-order valence-electron chi connectivity index (χ0n) is 13.8. The van der Waals surface area contributed by atoms with Crippen molar-refractivity contribution in [1.29, 1.82) is 0 Å². The van der Waals surface area contributed by atoms with Crippen LogP contribution in [0.1, 0.15) is 23.7 Å². The highest BCUT2D eigenvalue weighted by molar-refractivity contribution is 5.89. The van der Waals surface area contributed by atoms with Gasteiger partial charge in [0.15, 0.2) is 0 Å². The van der Waals surface area contributed by atoms with Crippen LogP contribution < -0.4 is 15.4 Å². The summed E-state index contributed by atoms with van der Waals surface area (Å²) < 4.78 is 30.4. The molecule has 0 saturated heterocycles. The molecule has 0 fully saturated rings. The average Bonchev–Trinajstić information content (AvgIpc) is 2.78. The number of nitrogens with one attached hydrogen (secondary N) is 2. The summed E-state index contributed by atoms with van der Waals surface area (Å²) in [7, 11) is 1.76. The van der Waals surface area contributed by atoms with Gasteiger partial charge in [0.2, 0.25) is 0 Å². The zero-order chi connectivity index (χ0) is 17.7. The van der Waals surface area contributed by atoms with Crippen molar-refractivity contribution in [3.05, 3.63) is 41.1 Å². The highest BCUT2D eigenvalue weighted by atomic mass is 19.3. The molecule has 24 heavy (non-hydrogen) atoms. The van der Waals surface area contributed by atoms with Crippen molar-refractivity contribution in [3.8, 4) is 5.75 Å². The number of anilines is 1. The molecule has 6 nitrogen and oxygen atoms in total. The number of benzene rings is 1. The molecular weight excluding hydrogens is 318 g/mol. The van der Waals surface area contributed by atoms with Crippen LogP contribution in [0.25, 0.3) is 0 Å². The van der Waals surface area contributed by atoms with Crippen molar-refractivity contribution >= 4 is 11.8 Å². The number of carbonyl (C=O) groups excluding carboxylic acids is 1. The molecule has 1 aromatic carbocycles. The lowest BCUT2D eigenvalue weighted by Gasteiger charge is -2.10. The van der Waals surface area contributed by atoms with Gasteiger partial charge in [-0.2, -0.15) is 13.9 Å². The standard InChI is InChI=1S/C16H20F2N4O2/c1-4-13-10(2)21-22(3)14(13)20-16(23)19-9-11-6-5-7-12(8-11)24-15(17)18/h5-8,15H,4,9H2,1-3H3,(H2,19,20,23). The van der Waals surface area contributed by atoms with Gasteiger partial charge in [0.1, 0.15) is 11.6 Å². The lowest BCUT2D eigenvalue weighted by molar-refractivity contribution is -0.0498. The number of aromatic nitrogens is 2. The third kappa shape index (κ3) is 4.43. The third-order valence-corrected chi connectivity index (χ3v) is 3.51. The Kier molecular flexibility index (Phi) is 5.73. The predicted octanol–water partition coefficient (Wildman–Crippen LogP) is 3.21. The number of amides is 2. The van der Waals surface area contributed by atoms with Gasteiger partial charge < -0.3 is 10.1 Å². The van der Waals surface area contributed by atoms with Gasteiger partial charge in [-0.05, 0) is 31.0 Å². The molecule has 2 rings (SSSR count). The molecule has 0 spiro atoms. The Labute approximate surface area is 138 Å². The first-order valence-corrected chi connectivity index (χ1v) is 7.51. The van der Waals surface area contributed by atoms with Crippen molar-refractivity contribution in [1.82, 2.24) is 15.1 Å². The predicted molar refractivity (Wildman–Crippen MR) is 86.3 cm³/mol. The van der Waals surface area contributed by atoms with Gasteiger partial charge in [0.25, 0.3) is 0 Å². The Balaban J connectivity index is 1.97. The summed E-state index contributed by atoms with van der Waals surface area (Å²) in [6.45, 7) is 1.18. The maximum absolute atomic E-state index is 12.2. The molecule has 1 aromatic heterocycles. The first-order valence-electron chi connectivity index (χ1n) is 7.51. The highest BCUT2D eigenvalue weighted by Gasteiger charge is 2.14. The second-order valence-electron chi connectivity index (χ2n) is 5.22. The number of hydrogen-bond acceptors (Lipinski definition) is 3. The fourth-order valence-electron chi connectivity index (χ4n) is 2.45. The Morgan fingerprint density at radius 1 is 1.42 bits per heavy atom. The van der Waals surface area contributed by atoms with Gasteiger partial charge in [-0.1, -0.05) is 19.1 Å². The van der Waals surface area contributed by atoms with Crippen LogP contribution in [0.15, 0.2) is 24.3 Å². The monoisotopic (exact) mass is 338 g/mol. The Morgan fingerprint density at radius 3 is 2.83 bits per heavy atom. The van der Waals surface area contributed by atoms with Crippen LogP contribution in [0.2, 0.25) is 0 Å². The molecule has 0 saturated carbocycles. The maximum Gasteiger partial charge on any atom is 0.387 e. The van der Waals surface area contributed by atoms with Gasteiger partial charge in [-0.25, -0.2) is 4.79 Å². The molecule has 1 heterocycles. The number of urea groups is 1. The molecule has 0 aliphatic rings. The Bertz CT molecular complexity index is 716. The normalized spacial score (nSPS) is 10.8. The number of nitrogens with zero attached hydrogens (tertiary/aromatic N) is 2. The molecule has 0 aliphatic carbocycles. The zero-order valence-corrected chi connectivity index (χ0v) is 13.8. The molecule has 2 aromatic rings. The number of ether oxygens (including phenoxy) is 1. The van der Waals surface area contributed by atoms with E-state index in [-0.39, 0.29) is 12.3 Å². The fraction of sp³-hybridized carbons (Fsp3) is 0.375. The van der Waals surface area contributed by atoms with E-state index < -0.39 is 12.6 Å². The minimum Gasteiger partial charge on any atom is -0.435 e. The topological polar surface area (TPSA) is 68.2 Å². The smallest absolute Gasteiger partial charge is 0.387 e. The van der Waals surface area contributed by atoms with Crippen LogP contribution in [0.3, 0.4) is 0 Å². The van der Waals surface area contributed by atoms with Gasteiger partial charge in [0, 0.05) is 19.2 Å². The van der Waals surface area contributed by atoms with E-state index >= 15 is 0 Å². The molecule has 0 bridgehead atoms. The number of hydrogen-bond donors (Lipinski definition) is 2. The third-order valence-electron chi connectivity index (χ3n) is 3.51. The van der Waals surface area contributed by atoms with Crippen molar-refractivity contribution < 1.29 is 18.3 Å². The van der Waals surface area contributed by atoms with Crippen molar-refractivity contribution in [2.45, 2.75) is 33.4 Å². The second kappa shape index (κ2) is 7.76. The van der Waals surface area contributed by atoms with Gasteiger partial charge in [-0.15, -0.1) is 0 Å². The Morgan fingerprint density at radius 2 is 2.17 bits per heavy atom. The van der Waals surface area contributed by atoms with E-state index in [4.69, 9.17) is 0 Å². The number of halogens is 2. The quantitative estimate of drug-likeness (QED) is 0.850. The molecule has 8 heteroatoms. The molecular formula is C16H20F2N4O2. The summed E-state index contributed by atoms with van der Waals surface area (Å²) in [5, 5.41) is 9.73.